The van der Waals surface area contributed by atoms with Crippen LogP contribution in [0.25, 0.3) is 0 Å². The topological polar surface area (TPSA) is 118 Å². The van der Waals surface area contributed by atoms with Crippen LogP contribution in [0.1, 0.15) is 18.5 Å². The van der Waals surface area contributed by atoms with Crippen LogP contribution >= 0.6 is 0 Å². The van der Waals surface area contributed by atoms with Gasteiger partial charge < -0.3 is 15.7 Å². The highest BCUT2D eigenvalue weighted by atomic mass is 16.6. The van der Waals surface area contributed by atoms with Crippen molar-refractivity contribution in [3.8, 4) is 0 Å². The van der Waals surface area contributed by atoms with Gasteiger partial charge in [-0.15, -0.1) is 0 Å². The molecular formula is C12H17N5O3. The van der Waals surface area contributed by atoms with E-state index in [0.717, 1.165) is 12.8 Å². The molecule has 20 heavy (non-hydrogen) atoms. The lowest BCUT2D eigenvalue weighted by molar-refractivity contribution is -0.385. The molecule has 1 aromatic heterocycles. The van der Waals surface area contributed by atoms with E-state index in [1.807, 2.05) is 4.90 Å². The van der Waals surface area contributed by atoms with Gasteiger partial charge in [0.25, 0.3) is 0 Å². The van der Waals surface area contributed by atoms with E-state index in [4.69, 9.17) is 5.73 Å². The number of aryl methyl sites for hydroxylation is 1. The lowest BCUT2D eigenvalue weighted by atomic mass is 10.00. The molecule has 0 amide bonds. The summed E-state index contributed by atoms with van der Waals surface area (Å²) in [6, 6.07) is 0. The van der Waals surface area contributed by atoms with Gasteiger partial charge in [-0.3, -0.25) is 10.1 Å². The fourth-order valence-electron chi connectivity index (χ4n) is 3.42. The number of rotatable bonds is 2. The molecule has 8 heteroatoms. The molecule has 8 nitrogen and oxygen atoms in total. The summed E-state index contributed by atoms with van der Waals surface area (Å²) in [6.45, 7) is 2.83. The molecule has 0 aromatic carbocycles. The van der Waals surface area contributed by atoms with Crippen LogP contribution in [0, 0.1) is 28.9 Å². The summed E-state index contributed by atoms with van der Waals surface area (Å²) < 4.78 is 0. The van der Waals surface area contributed by atoms with Gasteiger partial charge in [0, 0.05) is 19.0 Å². The first-order valence-electron chi connectivity index (χ1n) is 6.69. The quantitative estimate of drug-likeness (QED) is 0.597. The Kier molecular flexibility index (Phi) is 2.97. The molecule has 0 radical (unpaired) electrons. The van der Waals surface area contributed by atoms with Crippen molar-refractivity contribution in [1.29, 1.82) is 0 Å². The second-order valence-electron chi connectivity index (χ2n) is 5.57. The summed E-state index contributed by atoms with van der Waals surface area (Å²) in [6.07, 6.45) is 1.45. The van der Waals surface area contributed by atoms with Crippen molar-refractivity contribution in [2.75, 3.05) is 23.7 Å². The average molecular weight is 279 g/mol. The Labute approximate surface area is 115 Å². The number of fused-ring (bicyclic) bond motifs is 1. The molecule has 0 bridgehead atoms. The molecule has 1 aliphatic carbocycles. The number of anilines is 2. The number of hydrogen-bond acceptors (Lipinski definition) is 7. The van der Waals surface area contributed by atoms with Gasteiger partial charge in [-0.25, -0.2) is 4.98 Å². The van der Waals surface area contributed by atoms with Gasteiger partial charge in [0.15, 0.2) is 0 Å². The van der Waals surface area contributed by atoms with Crippen LogP contribution in [0.15, 0.2) is 0 Å². The van der Waals surface area contributed by atoms with Crippen LogP contribution in [0.5, 0.6) is 0 Å². The number of nitrogens with two attached hydrogens (primary N) is 1. The number of hydrogen-bond donors (Lipinski definition) is 2. The van der Waals surface area contributed by atoms with Gasteiger partial charge in [-0.2, -0.15) is 4.98 Å². The molecule has 2 heterocycles. The molecule has 1 saturated carbocycles. The number of aliphatic hydroxyl groups is 1. The highest BCUT2D eigenvalue weighted by molar-refractivity contribution is 5.62. The monoisotopic (exact) mass is 279 g/mol. The molecule has 1 saturated heterocycles. The number of nitrogen functional groups attached to an aromatic ring is 1. The van der Waals surface area contributed by atoms with Gasteiger partial charge in [0.2, 0.25) is 11.8 Å². The van der Waals surface area contributed by atoms with Gasteiger partial charge in [0.05, 0.1) is 11.0 Å². The highest BCUT2D eigenvalue weighted by Gasteiger charge is 2.44. The SMILES string of the molecule is Cc1nc(N)nc(N2CC3CCC(O)C3C2)c1[N+](=O)[O-]. The maximum atomic E-state index is 11.2. The van der Waals surface area contributed by atoms with E-state index in [1.54, 1.807) is 6.92 Å². The molecule has 3 unspecified atom stereocenters. The standard InChI is InChI=1S/C12H17N5O3/c1-6-10(17(19)20)11(15-12(13)14-6)16-4-7-2-3-9(18)8(7)5-16/h7-9,18H,2-5H2,1H3,(H2,13,14,15). The average Bonchev–Trinajstić information content (AvgIpc) is 2.90. The largest absolute Gasteiger partial charge is 0.393 e. The minimum absolute atomic E-state index is 0.0423. The fraction of sp³-hybridized carbons (Fsp3) is 0.667. The van der Waals surface area contributed by atoms with Crippen LogP contribution in [-0.4, -0.2) is 39.2 Å². The Morgan fingerprint density at radius 1 is 1.40 bits per heavy atom. The van der Waals surface area contributed by atoms with Crippen LogP contribution < -0.4 is 10.6 Å². The fourth-order valence-corrected chi connectivity index (χ4v) is 3.42. The third-order valence-corrected chi connectivity index (χ3v) is 4.36. The van der Waals surface area contributed by atoms with Crippen molar-refractivity contribution >= 4 is 17.5 Å². The smallest absolute Gasteiger partial charge is 0.332 e. The van der Waals surface area contributed by atoms with Crippen LogP contribution in [-0.2, 0) is 0 Å². The first-order chi connectivity index (χ1) is 9.47. The van der Waals surface area contributed by atoms with E-state index >= 15 is 0 Å². The molecule has 1 aliphatic heterocycles. The first-order valence-corrected chi connectivity index (χ1v) is 6.69. The van der Waals surface area contributed by atoms with Crippen LogP contribution in [0.2, 0.25) is 0 Å². The zero-order chi connectivity index (χ0) is 14.4. The Morgan fingerprint density at radius 2 is 2.15 bits per heavy atom. The number of nitrogens with zero attached hydrogens (tertiary/aromatic N) is 4. The maximum Gasteiger partial charge on any atom is 0.332 e. The van der Waals surface area contributed by atoms with Crippen molar-refractivity contribution in [2.45, 2.75) is 25.9 Å². The molecule has 0 spiro atoms. The van der Waals surface area contributed by atoms with E-state index in [1.165, 1.54) is 0 Å². The molecular weight excluding hydrogens is 262 g/mol. The van der Waals surface area contributed by atoms with Gasteiger partial charge in [-0.05, 0) is 25.7 Å². The van der Waals surface area contributed by atoms with E-state index < -0.39 is 4.92 Å². The molecule has 3 N–H and O–H groups in total. The Balaban J connectivity index is 1.97. The van der Waals surface area contributed by atoms with Crippen molar-refractivity contribution in [3.63, 3.8) is 0 Å². The third-order valence-electron chi connectivity index (χ3n) is 4.36. The first kappa shape index (κ1) is 13.0. The second kappa shape index (κ2) is 4.55. The Hall–Kier alpha value is -1.96. The number of aromatic nitrogens is 2. The summed E-state index contributed by atoms with van der Waals surface area (Å²) in [5.41, 5.74) is 5.80. The second-order valence-corrected chi connectivity index (χ2v) is 5.57. The minimum atomic E-state index is -0.464. The molecule has 2 fully saturated rings. The van der Waals surface area contributed by atoms with Gasteiger partial charge >= 0.3 is 5.69 Å². The van der Waals surface area contributed by atoms with E-state index in [2.05, 4.69) is 9.97 Å². The predicted molar refractivity (Wildman–Crippen MR) is 72.3 cm³/mol. The van der Waals surface area contributed by atoms with Crippen molar-refractivity contribution in [3.05, 3.63) is 15.8 Å². The lowest BCUT2D eigenvalue weighted by Crippen LogP contribution is -2.26. The lowest BCUT2D eigenvalue weighted by Gasteiger charge is -2.19. The predicted octanol–water partition coefficient (Wildman–Crippen LogP) is 0.483. The molecule has 2 aliphatic rings. The summed E-state index contributed by atoms with van der Waals surface area (Å²) in [4.78, 5) is 20.6. The summed E-state index contributed by atoms with van der Waals surface area (Å²) in [5.74, 6) is 0.870. The van der Waals surface area contributed by atoms with Crippen molar-refractivity contribution < 1.29 is 10.0 Å². The summed E-state index contributed by atoms with van der Waals surface area (Å²) in [7, 11) is 0. The van der Waals surface area contributed by atoms with Crippen molar-refractivity contribution in [2.24, 2.45) is 11.8 Å². The van der Waals surface area contributed by atoms with Crippen LogP contribution in [0.3, 0.4) is 0 Å². The van der Waals surface area contributed by atoms with Gasteiger partial charge in [-0.1, -0.05) is 0 Å². The number of nitro groups is 1. The van der Waals surface area contributed by atoms with Gasteiger partial charge in [0.1, 0.15) is 5.69 Å². The number of aliphatic hydroxyl groups excluding tert-OH is 1. The highest BCUT2D eigenvalue weighted by Crippen LogP contribution is 2.41. The Bertz CT molecular complexity index is 564. The van der Waals surface area contributed by atoms with E-state index in [9.17, 15) is 15.2 Å². The summed E-state index contributed by atoms with van der Waals surface area (Å²) in [5, 5.41) is 21.2. The van der Waals surface area contributed by atoms with Crippen molar-refractivity contribution in [1.82, 2.24) is 9.97 Å². The maximum absolute atomic E-state index is 11.2. The molecule has 3 rings (SSSR count). The zero-order valence-electron chi connectivity index (χ0n) is 11.2. The zero-order valence-corrected chi connectivity index (χ0v) is 11.2. The minimum Gasteiger partial charge on any atom is -0.393 e. The third kappa shape index (κ3) is 1.96. The van der Waals surface area contributed by atoms with Crippen LogP contribution in [0.4, 0.5) is 17.5 Å². The normalized spacial score (nSPS) is 28.7. The Morgan fingerprint density at radius 3 is 2.80 bits per heavy atom. The summed E-state index contributed by atoms with van der Waals surface area (Å²) >= 11 is 0. The molecule has 3 atom stereocenters. The molecule has 108 valence electrons. The molecule has 1 aromatic rings. The van der Waals surface area contributed by atoms with E-state index in [-0.39, 0.29) is 35.2 Å². The van der Waals surface area contributed by atoms with E-state index in [0.29, 0.717) is 19.0 Å².